The number of hydrogen-bond acceptors (Lipinski definition) is 6. The van der Waals surface area contributed by atoms with Gasteiger partial charge in [-0.25, -0.2) is 4.98 Å². The molecule has 1 aliphatic rings. The summed E-state index contributed by atoms with van der Waals surface area (Å²) in [4.78, 5) is 6.38. The van der Waals surface area contributed by atoms with Crippen molar-refractivity contribution in [3.8, 4) is 0 Å². The topological polar surface area (TPSA) is 59.7 Å². The first-order valence-electron chi connectivity index (χ1n) is 6.33. The standard InChI is InChI=1S/C11H15ClN6S/c12-11-10(15-16-19-11)6-17-3-1-2-9(4-17)5-18-8-13-7-14-18/h7-9H,1-6H2. The van der Waals surface area contributed by atoms with Crippen molar-refractivity contribution in [3.05, 3.63) is 22.7 Å². The lowest BCUT2D eigenvalue weighted by Crippen LogP contribution is -2.36. The smallest absolute Gasteiger partial charge is 0.138 e. The van der Waals surface area contributed by atoms with Crippen LogP contribution in [-0.4, -0.2) is 42.3 Å². The Labute approximate surface area is 120 Å². The molecule has 0 spiro atoms. The summed E-state index contributed by atoms with van der Waals surface area (Å²) in [6.07, 6.45) is 5.80. The van der Waals surface area contributed by atoms with Crippen LogP contribution in [0.4, 0.5) is 0 Å². The Hall–Kier alpha value is -1.05. The molecule has 1 aliphatic heterocycles. The monoisotopic (exact) mass is 298 g/mol. The van der Waals surface area contributed by atoms with E-state index in [1.165, 1.54) is 24.4 Å². The van der Waals surface area contributed by atoms with Gasteiger partial charge in [0.1, 0.15) is 22.7 Å². The molecular weight excluding hydrogens is 284 g/mol. The molecule has 3 heterocycles. The zero-order valence-electron chi connectivity index (χ0n) is 10.4. The van der Waals surface area contributed by atoms with Gasteiger partial charge in [0.15, 0.2) is 0 Å². The second-order valence-corrected chi connectivity index (χ2v) is 6.21. The molecular formula is C11H15ClN6S. The molecule has 2 aromatic heterocycles. The Morgan fingerprint density at radius 1 is 1.47 bits per heavy atom. The molecule has 1 unspecified atom stereocenters. The van der Waals surface area contributed by atoms with Gasteiger partial charge in [-0.3, -0.25) is 9.58 Å². The van der Waals surface area contributed by atoms with Gasteiger partial charge in [0.05, 0.1) is 0 Å². The number of hydrogen-bond donors (Lipinski definition) is 0. The number of likely N-dealkylation sites (tertiary alicyclic amines) is 1. The molecule has 0 amide bonds. The molecule has 1 saturated heterocycles. The van der Waals surface area contributed by atoms with E-state index in [0.29, 0.717) is 10.3 Å². The van der Waals surface area contributed by atoms with Crippen molar-refractivity contribution in [1.29, 1.82) is 0 Å². The summed E-state index contributed by atoms with van der Waals surface area (Å²) < 4.78 is 6.49. The van der Waals surface area contributed by atoms with Crippen molar-refractivity contribution in [2.24, 2.45) is 5.92 Å². The van der Waals surface area contributed by atoms with E-state index < -0.39 is 0 Å². The molecule has 2 aromatic rings. The predicted octanol–water partition coefficient (Wildman–Crippen LogP) is 1.70. The number of rotatable bonds is 4. The summed E-state index contributed by atoms with van der Waals surface area (Å²) in [7, 11) is 0. The van der Waals surface area contributed by atoms with Gasteiger partial charge in [0, 0.05) is 31.2 Å². The maximum Gasteiger partial charge on any atom is 0.138 e. The van der Waals surface area contributed by atoms with E-state index in [1.807, 2.05) is 4.68 Å². The fraction of sp³-hybridized carbons (Fsp3) is 0.636. The first-order chi connectivity index (χ1) is 9.31. The lowest BCUT2D eigenvalue weighted by Gasteiger charge is -2.32. The number of aromatic nitrogens is 5. The summed E-state index contributed by atoms with van der Waals surface area (Å²) >= 11 is 7.31. The number of halogens is 1. The van der Waals surface area contributed by atoms with Crippen molar-refractivity contribution in [3.63, 3.8) is 0 Å². The largest absolute Gasteiger partial charge is 0.297 e. The molecule has 0 aliphatic carbocycles. The van der Waals surface area contributed by atoms with Gasteiger partial charge in [-0.2, -0.15) is 5.10 Å². The summed E-state index contributed by atoms with van der Waals surface area (Å²) in [6, 6.07) is 0. The van der Waals surface area contributed by atoms with Crippen molar-refractivity contribution in [2.45, 2.75) is 25.9 Å². The second-order valence-electron chi connectivity index (χ2n) is 4.85. The maximum atomic E-state index is 6.05. The minimum atomic E-state index is 0.612. The zero-order chi connectivity index (χ0) is 13.1. The number of nitrogens with zero attached hydrogens (tertiary/aromatic N) is 6. The third-order valence-corrected chi connectivity index (χ3v) is 4.38. The minimum absolute atomic E-state index is 0.612. The Bertz CT molecular complexity index is 513. The van der Waals surface area contributed by atoms with Crippen molar-refractivity contribution >= 4 is 23.1 Å². The maximum absolute atomic E-state index is 6.05. The van der Waals surface area contributed by atoms with Crippen LogP contribution in [0, 0.1) is 5.92 Å². The summed E-state index contributed by atoms with van der Waals surface area (Å²) in [5.41, 5.74) is 0.896. The molecule has 3 rings (SSSR count). The van der Waals surface area contributed by atoms with Crippen LogP contribution in [-0.2, 0) is 13.1 Å². The fourth-order valence-corrected chi connectivity index (χ4v) is 3.15. The van der Waals surface area contributed by atoms with E-state index in [0.717, 1.165) is 31.9 Å². The first kappa shape index (κ1) is 13.0. The zero-order valence-corrected chi connectivity index (χ0v) is 12.0. The van der Waals surface area contributed by atoms with Gasteiger partial charge >= 0.3 is 0 Å². The summed E-state index contributed by atoms with van der Waals surface area (Å²) in [5, 5.41) is 8.25. The Balaban J connectivity index is 1.57. The van der Waals surface area contributed by atoms with Crippen LogP contribution in [0.5, 0.6) is 0 Å². The number of piperidine rings is 1. The molecule has 1 fully saturated rings. The summed E-state index contributed by atoms with van der Waals surface area (Å²) in [5.74, 6) is 0.612. The van der Waals surface area contributed by atoms with Gasteiger partial charge in [-0.15, -0.1) is 5.10 Å². The summed E-state index contributed by atoms with van der Waals surface area (Å²) in [6.45, 7) is 3.87. The van der Waals surface area contributed by atoms with Gasteiger partial charge < -0.3 is 0 Å². The first-order valence-corrected chi connectivity index (χ1v) is 7.48. The van der Waals surface area contributed by atoms with Gasteiger partial charge in [0.25, 0.3) is 0 Å². The molecule has 102 valence electrons. The highest BCUT2D eigenvalue weighted by Gasteiger charge is 2.22. The van der Waals surface area contributed by atoms with Crippen LogP contribution in [0.25, 0.3) is 0 Å². The van der Waals surface area contributed by atoms with Crippen LogP contribution in [0.15, 0.2) is 12.7 Å². The Morgan fingerprint density at radius 2 is 2.42 bits per heavy atom. The Morgan fingerprint density at radius 3 is 3.16 bits per heavy atom. The lowest BCUT2D eigenvalue weighted by molar-refractivity contribution is 0.152. The van der Waals surface area contributed by atoms with Crippen LogP contribution >= 0.6 is 23.1 Å². The van der Waals surface area contributed by atoms with E-state index in [1.54, 1.807) is 12.7 Å². The fourth-order valence-electron chi connectivity index (χ4n) is 2.54. The van der Waals surface area contributed by atoms with Crippen LogP contribution < -0.4 is 0 Å². The average molecular weight is 299 g/mol. The quantitative estimate of drug-likeness (QED) is 0.860. The van der Waals surface area contributed by atoms with Gasteiger partial charge in [0.2, 0.25) is 0 Å². The molecule has 0 aromatic carbocycles. The molecule has 19 heavy (non-hydrogen) atoms. The van der Waals surface area contributed by atoms with E-state index in [-0.39, 0.29) is 0 Å². The molecule has 0 N–H and O–H groups in total. The van der Waals surface area contributed by atoms with Gasteiger partial charge in [-0.1, -0.05) is 16.1 Å². The Kier molecular flexibility index (Phi) is 4.05. The van der Waals surface area contributed by atoms with Crippen molar-refractivity contribution in [1.82, 2.24) is 29.3 Å². The molecule has 6 nitrogen and oxygen atoms in total. The van der Waals surface area contributed by atoms with Crippen LogP contribution in [0.1, 0.15) is 18.5 Å². The molecule has 0 saturated carbocycles. The third-order valence-electron chi connectivity index (χ3n) is 3.40. The molecule has 0 bridgehead atoms. The van der Waals surface area contributed by atoms with E-state index in [2.05, 4.69) is 24.6 Å². The van der Waals surface area contributed by atoms with E-state index in [4.69, 9.17) is 11.6 Å². The normalized spacial score (nSPS) is 20.8. The van der Waals surface area contributed by atoms with E-state index >= 15 is 0 Å². The van der Waals surface area contributed by atoms with E-state index in [9.17, 15) is 0 Å². The van der Waals surface area contributed by atoms with Crippen molar-refractivity contribution < 1.29 is 0 Å². The highest BCUT2D eigenvalue weighted by Crippen LogP contribution is 2.23. The molecule has 0 radical (unpaired) electrons. The minimum Gasteiger partial charge on any atom is -0.297 e. The SMILES string of the molecule is Clc1snnc1CN1CCCC(Cn2cncn2)C1. The highest BCUT2D eigenvalue weighted by atomic mass is 35.5. The van der Waals surface area contributed by atoms with Crippen molar-refractivity contribution in [2.75, 3.05) is 13.1 Å². The predicted molar refractivity (Wildman–Crippen MR) is 72.9 cm³/mol. The molecule has 8 heteroatoms. The highest BCUT2D eigenvalue weighted by molar-refractivity contribution is 7.10. The second kappa shape index (κ2) is 5.94. The average Bonchev–Trinajstić information content (AvgIpc) is 3.03. The van der Waals surface area contributed by atoms with Gasteiger partial charge in [-0.05, 0) is 25.3 Å². The van der Waals surface area contributed by atoms with Crippen LogP contribution in [0.3, 0.4) is 0 Å². The lowest BCUT2D eigenvalue weighted by atomic mass is 9.98. The molecule has 1 atom stereocenters. The third kappa shape index (κ3) is 3.29. The van der Waals surface area contributed by atoms with Crippen LogP contribution in [0.2, 0.25) is 4.34 Å².